The molecule has 1 heterocycles. The molecule has 2 nitrogen and oxygen atoms in total. The van der Waals surface area contributed by atoms with Crippen LogP contribution >= 0.6 is 0 Å². The van der Waals surface area contributed by atoms with Crippen LogP contribution in [0.15, 0.2) is 18.2 Å². The minimum absolute atomic E-state index is 0.167. The van der Waals surface area contributed by atoms with E-state index in [1.807, 2.05) is 0 Å². The van der Waals surface area contributed by atoms with E-state index in [9.17, 15) is 17.6 Å². The lowest BCUT2D eigenvalue weighted by atomic mass is 9.98. The molecule has 0 aliphatic carbocycles. The molecule has 0 bridgehead atoms. The molecule has 1 saturated heterocycles. The van der Waals surface area contributed by atoms with Gasteiger partial charge in [0.25, 0.3) is 0 Å². The standard InChI is InChI=1S/C14H17F4NO/c15-12-8-9(3-5-11(12)14(16,17)18)13(19)6-4-10-2-1-7-20-10/h3,5,8,10,13H,1-2,4,6-7,19H2. The highest BCUT2D eigenvalue weighted by Crippen LogP contribution is 2.33. The third-order valence-corrected chi connectivity index (χ3v) is 3.55. The summed E-state index contributed by atoms with van der Waals surface area (Å²) >= 11 is 0. The summed E-state index contributed by atoms with van der Waals surface area (Å²) in [5.74, 6) is -1.28. The lowest BCUT2D eigenvalue weighted by Gasteiger charge is -2.16. The smallest absolute Gasteiger partial charge is 0.378 e. The third-order valence-electron chi connectivity index (χ3n) is 3.55. The Hall–Kier alpha value is -1.14. The predicted molar refractivity (Wildman–Crippen MR) is 66.5 cm³/mol. The van der Waals surface area contributed by atoms with E-state index in [-0.39, 0.29) is 6.10 Å². The van der Waals surface area contributed by atoms with Crippen molar-refractivity contribution >= 4 is 0 Å². The zero-order chi connectivity index (χ0) is 14.8. The molecule has 112 valence electrons. The van der Waals surface area contributed by atoms with Crippen molar-refractivity contribution in [3.05, 3.63) is 35.1 Å². The van der Waals surface area contributed by atoms with E-state index in [0.29, 0.717) is 12.0 Å². The van der Waals surface area contributed by atoms with Gasteiger partial charge in [0.05, 0.1) is 11.7 Å². The summed E-state index contributed by atoms with van der Waals surface area (Å²) in [6.45, 7) is 0.745. The molecule has 0 radical (unpaired) electrons. The number of benzene rings is 1. The first-order chi connectivity index (χ1) is 9.38. The Kier molecular flexibility index (Phi) is 4.65. The normalized spacial score (nSPS) is 21.1. The minimum atomic E-state index is -4.68. The Balaban J connectivity index is 1.99. The molecule has 2 atom stereocenters. The topological polar surface area (TPSA) is 35.2 Å². The summed E-state index contributed by atoms with van der Waals surface area (Å²) in [5, 5.41) is 0. The highest BCUT2D eigenvalue weighted by molar-refractivity contribution is 5.28. The van der Waals surface area contributed by atoms with Crippen LogP contribution in [0.5, 0.6) is 0 Å². The van der Waals surface area contributed by atoms with Crippen LogP contribution in [0.1, 0.15) is 42.9 Å². The zero-order valence-electron chi connectivity index (χ0n) is 10.9. The van der Waals surface area contributed by atoms with Crippen molar-refractivity contribution < 1.29 is 22.3 Å². The molecular formula is C14H17F4NO. The summed E-state index contributed by atoms with van der Waals surface area (Å²) in [5.41, 5.74) is 5.02. The molecule has 0 aromatic heterocycles. The Bertz CT molecular complexity index is 455. The maximum absolute atomic E-state index is 13.4. The van der Waals surface area contributed by atoms with Crippen LogP contribution in [0.4, 0.5) is 17.6 Å². The van der Waals surface area contributed by atoms with E-state index in [4.69, 9.17) is 10.5 Å². The Labute approximate surface area is 114 Å². The van der Waals surface area contributed by atoms with Gasteiger partial charge < -0.3 is 10.5 Å². The summed E-state index contributed by atoms with van der Waals surface area (Å²) in [6, 6.07) is 2.39. The second-order valence-electron chi connectivity index (χ2n) is 5.06. The summed E-state index contributed by atoms with van der Waals surface area (Å²) in [6.07, 6.45) is -1.20. The fraction of sp³-hybridized carbons (Fsp3) is 0.571. The summed E-state index contributed by atoms with van der Waals surface area (Å²) in [4.78, 5) is 0. The van der Waals surface area contributed by atoms with E-state index >= 15 is 0 Å². The maximum Gasteiger partial charge on any atom is 0.419 e. The minimum Gasteiger partial charge on any atom is -0.378 e. The van der Waals surface area contributed by atoms with Crippen molar-refractivity contribution in [3.63, 3.8) is 0 Å². The van der Waals surface area contributed by atoms with E-state index in [2.05, 4.69) is 0 Å². The van der Waals surface area contributed by atoms with Gasteiger partial charge in [0.1, 0.15) is 5.82 Å². The SMILES string of the molecule is NC(CCC1CCCO1)c1ccc(C(F)(F)F)c(F)c1. The Morgan fingerprint density at radius 2 is 2.10 bits per heavy atom. The number of ether oxygens (including phenoxy) is 1. The lowest BCUT2D eigenvalue weighted by Crippen LogP contribution is -2.16. The van der Waals surface area contributed by atoms with Crippen molar-refractivity contribution in [3.8, 4) is 0 Å². The van der Waals surface area contributed by atoms with Gasteiger partial charge in [0, 0.05) is 12.6 Å². The number of alkyl halides is 3. The van der Waals surface area contributed by atoms with Gasteiger partial charge in [-0.1, -0.05) is 6.07 Å². The van der Waals surface area contributed by atoms with Crippen LogP contribution in [-0.2, 0) is 10.9 Å². The molecule has 1 aromatic carbocycles. The average molecular weight is 291 g/mol. The van der Waals surface area contributed by atoms with Gasteiger partial charge in [0.15, 0.2) is 0 Å². The van der Waals surface area contributed by atoms with Crippen LogP contribution in [-0.4, -0.2) is 12.7 Å². The van der Waals surface area contributed by atoms with Crippen molar-refractivity contribution in [1.82, 2.24) is 0 Å². The van der Waals surface area contributed by atoms with Crippen molar-refractivity contribution in [2.24, 2.45) is 5.73 Å². The number of nitrogens with two attached hydrogens (primary N) is 1. The Morgan fingerprint density at radius 3 is 2.65 bits per heavy atom. The van der Waals surface area contributed by atoms with Gasteiger partial charge in [-0.3, -0.25) is 0 Å². The zero-order valence-corrected chi connectivity index (χ0v) is 10.9. The van der Waals surface area contributed by atoms with Crippen LogP contribution in [0.3, 0.4) is 0 Å². The first kappa shape index (κ1) is 15.3. The monoisotopic (exact) mass is 291 g/mol. The van der Waals surface area contributed by atoms with Crippen LogP contribution < -0.4 is 5.73 Å². The van der Waals surface area contributed by atoms with E-state index in [0.717, 1.165) is 38.0 Å². The third kappa shape index (κ3) is 3.70. The lowest BCUT2D eigenvalue weighted by molar-refractivity contribution is -0.140. The molecule has 1 aliphatic rings. The molecule has 0 saturated carbocycles. The second-order valence-corrected chi connectivity index (χ2v) is 5.06. The van der Waals surface area contributed by atoms with Crippen LogP contribution in [0.25, 0.3) is 0 Å². The van der Waals surface area contributed by atoms with E-state index in [1.165, 1.54) is 6.07 Å². The maximum atomic E-state index is 13.4. The second kappa shape index (κ2) is 6.10. The quantitative estimate of drug-likeness (QED) is 0.856. The molecule has 1 aliphatic heterocycles. The highest BCUT2D eigenvalue weighted by atomic mass is 19.4. The molecule has 6 heteroatoms. The van der Waals surface area contributed by atoms with E-state index < -0.39 is 23.6 Å². The molecule has 0 spiro atoms. The van der Waals surface area contributed by atoms with E-state index in [1.54, 1.807) is 0 Å². The van der Waals surface area contributed by atoms with Gasteiger partial charge in [-0.15, -0.1) is 0 Å². The van der Waals surface area contributed by atoms with Crippen molar-refractivity contribution in [1.29, 1.82) is 0 Å². The van der Waals surface area contributed by atoms with Crippen molar-refractivity contribution in [2.75, 3.05) is 6.61 Å². The molecule has 2 unspecified atom stereocenters. The largest absolute Gasteiger partial charge is 0.419 e. The molecule has 0 amide bonds. The van der Waals surface area contributed by atoms with Crippen LogP contribution in [0, 0.1) is 5.82 Å². The van der Waals surface area contributed by atoms with Gasteiger partial charge in [-0.05, 0) is 43.4 Å². The number of halogens is 4. The predicted octanol–water partition coefficient (Wildman–Crippen LogP) is 3.80. The molecule has 2 rings (SSSR count). The summed E-state index contributed by atoms with van der Waals surface area (Å²) in [7, 11) is 0. The number of rotatable bonds is 4. The first-order valence-electron chi connectivity index (χ1n) is 6.62. The fourth-order valence-electron chi connectivity index (χ4n) is 2.40. The highest BCUT2D eigenvalue weighted by Gasteiger charge is 2.34. The van der Waals surface area contributed by atoms with Gasteiger partial charge in [-0.2, -0.15) is 13.2 Å². The fourth-order valence-corrected chi connectivity index (χ4v) is 2.40. The molecule has 20 heavy (non-hydrogen) atoms. The molecule has 1 fully saturated rings. The first-order valence-corrected chi connectivity index (χ1v) is 6.62. The molecule has 1 aromatic rings. The summed E-state index contributed by atoms with van der Waals surface area (Å²) < 4.78 is 56.2. The number of hydrogen-bond donors (Lipinski definition) is 1. The van der Waals surface area contributed by atoms with Crippen molar-refractivity contribution in [2.45, 2.75) is 44.0 Å². The van der Waals surface area contributed by atoms with Gasteiger partial charge >= 0.3 is 6.18 Å². The van der Waals surface area contributed by atoms with Gasteiger partial charge in [0.2, 0.25) is 0 Å². The van der Waals surface area contributed by atoms with Gasteiger partial charge in [-0.25, -0.2) is 4.39 Å². The Morgan fingerprint density at radius 1 is 1.35 bits per heavy atom. The molecular weight excluding hydrogens is 274 g/mol. The van der Waals surface area contributed by atoms with Crippen LogP contribution in [0.2, 0.25) is 0 Å². The molecule has 2 N–H and O–H groups in total. The number of hydrogen-bond acceptors (Lipinski definition) is 2. The average Bonchev–Trinajstić information content (AvgIpc) is 2.87.